The maximum Gasteiger partial charge on any atom is 0.279 e. The zero-order valence-corrected chi connectivity index (χ0v) is 10.4. The van der Waals surface area contributed by atoms with Crippen molar-refractivity contribution in [2.45, 2.75) is 25.3 Å². The van der Waals surface area contributed by atoms with Crippen molar-refractivity contribution in [3.05, 3.63) is 0 Å². The number of nitrogens with zero attached hydrogens (tertiary/aromatic N) is 1. The van der Waals surface area contributed by atoms with E-state index in [0.717, 1.165) is 19.3 Å². The topological polar surface area (TPSA) is 78.9 Å². The first-order valence-electron chi connectivity index (χ1n) is 5.48. The van der Waals surface area contributed by atoms with Crippen molar-refractivity contribution >= 4 is 10.2 Å². The minimum absolute atomic E-state index is 0.120. The van der Waals surface area contributed by atoms with Gasteiger partial charge in [-0.15, -0.1) is 0 Å². The highest BCUT2D eigenvalue weighted by Crippen LogP contribution is 2.18. The molecule has 0 radical (unpaired) electrons. The highest BCUT2D eigenvalue weighted by molar-refractivity contribution is 7.87. The van der Waals surface area contributed by atoms with Crippen molar-refractivity contribution in [3.8, 4) is 0 Å². The second-order valence-electron chi connectivity index (χ2n) is 3.84. The molecular weight excluding hydrogens is 232 g/mol. The van der Waals surface area contributed by atoms with Gasteiger partial charge in [0.25, 0.3) is 10.2 Å². The fourth-order valence-corrected chi connectivity index (χ4v) is 3.27. The first kappa shape index (κ1) is 13.9. The van der Waals surface area contributed by atoms with E-state index in [4.69, 9.17) is 9.84 Å². The Morgan fingerprint density at radius 3 is 2.88 bits per heavy atom. The van der Waals surface area contributed by atoms with Gasteiger partial charge in [0.05, 0.1) is 13.2 Å². The van der Waals surface area contributed by atoms with Crippen LogP contribution in [0, 0.1) is 0 Å². The molecule has 16 heavy (non-hydrogen) atoms. The Kier molecular flexibility index (Phi) is 5.63. The number of aliphatic hydroxyl groups excluding tert-OH is 1. The number of hydrogen-bond donors (Lipinski definition) is 2. The molecule has 1 heterocycles. The summed E-state index contributed by atoms with van der Waals surface area (Å²) in [7, 11) is -1.95. The van der Waals surface area contributed by atoms with Crippen LogP contribution in [-0.4, -0.2) is 57.3 Å². The summed E-state index contributed by atoms with van der Waals surface area (Å²) >= 11 is 0. The minimum Gasteiger partial charge on any atom is -0.395 e. The van der Waals surface area contributed by atoms with Crippen LogP contribution in [0.5, 0.6) is 0 Å². The molecule has 0 aromatic rings. The van der Waals surface area contributed by atoms with Crippen molar-refractivity contribution < 1.29 is 18.3 Å². The summed E-state index contributed by atoms with van der Waals surface area (Å²) in [5, 5.41) is 9.14. The number of methoxy groups -OCH3 is 1. The Balaban J connectivity index is 2.57. The Labute approximate surface area is 96.8 Å². The Morgan fingerprint density at radius 1 is 1.50 bits per heavy atom. The van der Waals surface area contributed by atoms with Crippen molar-refractivity contribution in [3.63, 3.8) is 0 Å². The summed E-state index contributed by atoms with van der Waals surface area (Å²) < 4.78 is 32.3. The zero-order valence-electron chi connectivity index (χ0n) is 9.55. The van der Waals surface area contributed by atoms with Gasteiger partial charge in [-0.3, -0.25) is 0 Å². The van der Waals surface area contributed by atoms with Crippen LogP contribution in [-0.2, 0) is 14.9 Å². The summed E-state index contributed by atoms with van der Waals surface area (Å²) in [6.07, 6.45) is 2.54. The maximum absolute atomic E-state index is 11.9. The van der Waals surface area contributed by atoms with Crippen LogP contribution >= 0.6 is 0 Å². The van der Waals surface area contributed by atoms with Crippen molar-refractivity contribution in [2.75, 3.05) is 33.4 Å². The fourth-order valence-electron chi connectivity index (χ4n) is 1.83. The molecule has 7 heteroatoms. The lowest BCUT2D eigenvalue weighted by Gasteiger charge is -2.33. The van der Waals surface area contributed by atoms with Gasteiger partial charge in [0.1, 0.15) is 0 Å². The van der Waals surface area contributed by atoms with Gasteiger partial charge in [-0.25, -0.2) is 0 Å². The molecule has 0 aromatic heterocycles. The average Bonchev–Trinajstić information content (AvgIpc) is 2.29. The predicted octanol–water partition coefficient (Wildman–Crippen LogP) is -0.686. The molecule has 1 unspecified atom stereocenters. The summed E-state index contributed by atoms with van der Waals surface area (Å²) in [6.45, 7) is 0.961. The van der Waals surface area contributed by atoms with Crippen LogP contribution in [0.1, 0.15) is 19.3 Å². The number of hydrogen-bond acceptors (Lipinski definition) is 4. The summed E-state index contributed by atoms with van der Waals surface area (Å²) in [6, 6.07) is -0.284. The van der Waals surface area contributed by atoms with Crippen molar-refractivity contribution in [1.29, 1.82) is 0 Å². The SMILES string of the molecule is COCCNS(=O)(=O)N1CCCCC1CO. The minimum atomic E-state index is -3.47. The van der Waals surface area contributed by atoms with Gasteiger partial charge in [0.2, 0.25) is 0 Å². The number of nitrogens with one attached hydrogen (secondary N) is 1. The second kappa shape index (κ2) is 6.51. The van der Waals surface area contributed by atoms with Gasteiger partial charge in [-0.1, -0.05) is 6.42 Å². The first-order chi connectivity index (χ1) is 7.61. The van der Waals surface area contributed by atoms with Crippen LogP contribution in [0.2, 0.25) is 0 Å². The number of ether oxygens (including phenoxy) is 1. The van der Waals surface area contributed by atoms with Gasteiger partial charge in [-0.05, 0) is 12.8 Å². The van der Waals surface area contributed by atoms with Crippen LogP contribution in [0.15, 0.2) is 0 Å². The average molecular weight is 252 g/mol. The molecular formula is C9H20N2O4S. The summed E-state index contributed by atoms with van der Waals surface area (Å²) in [4.78, 5) is 0. The highest BCUT2D eigenvalue weighted by Gasteiger charge is 2.31. The van der Waals surface area contributed by atoms with E-state index in [1.54, 1.807) is 0 Å². The number of rotatable bonds is 6. The predicted molar refractivity (Wildman–Crippen MR) is 60.2 cm³/mol. The Morgan fingerprint density at radius 2 is 2.25 bits per heavy atom. The van der Waals surface area contributed by atoms with E-state index in [1.165, 1.54) is 11.4 Å². The lowest BCUT2D eigenvalue weighted by atomic mass is 10.1. The van der Waals surface area contributed by atoms with Crippen molar-refractivity contribution in [2.24, 2.45) is 0 Å². The molecule has 0 bridgehead atoms. The van der Waals surface area contributed by atoms with E-state index in [-0.39, 0.29) is 19.2 Å². The van der Waals surface area contributed by atoms with Crippen LogP contribution < -0.4 is 4.72 Å². The quantitative estimate of drug-likeness (QED) is 0.614. The molecule has 0 amide bonds. The van der Waals surface area contributed by atoms with E-state index in [9.17, 15) is 8.42 Å². The standard InChI is InChI=1S/C9H20N2O4S/c1-15-7-5-10-16(13,14)11-6-3-2-4-9(11)8-12/h9-10,12H,2-8H2,1H3. The normalized spacial score (nSPS) is 23.5. The zero-order chi connectivity index (χ0) is 12.0. The van der Waals surface area contributed by atoms with Gasteiger partial charge in [0.15, 0.2) is 0 Å². The molecule has 1 fully saturated rings. The molecule has 0 aliphatic carbocycles. The summed E-state index contributed by atoms with van der Waals surface area (Å²) in [5.74, 6) is 0. The molecule has 0 aromatic carbocycles. The smallest absolute Gasteiger partial charge is 0.279 e. The third-order valence-electron chi connectivity index (χ3n) is 2.68. The van der Waals surface area contributed by atoms with Gasteiger partial charge in [0, 0.05) is 26.2 Å². The third-order valence-corrected chi connectivity index (χ3v) is 4.35. The molecule has 1 aliphatic heterocycles. The van der Waals surface area contributed by atoms with Gasteiger partial charge >= 0.3 is 0 Å². The second-order valence-corrected chi connectivity index (χ2v) is 5.54. The van der Waals surface area contributed by atoms with E-state index in [0.29, 0.717) is 13.2 Å². The first-order valence-corrected chi connectivity index (χ1v) is 6.92. The molecule has 0 spiro atoms. The van der Waals surface area contributed by atoms with Gasteiger partial charge < -0.3 is 9.84 Å². The fraction of sp³-hybridized carbons (Fsp3) is 1.00. The molecule has 2 N–H and O–H groups in total. The van der Waals surface area contributed by atoms with Crippen molar-refractivity contribution in [1.82, 2.24) is 9.03 Å². The maximum atomic E-state index is 11.9. The van der Waals surface area contributed by atoms with Crippen LogP contribution in [0.4, 0.5) is 0 Å². The molecule has 6 nitrogen and oxygen atoms in total. The lowest BCUT2D eigenvalue weighted by molar-refractivity contribution is 0.153. The third kappa shape index (κ3) is 3.67. The number of aliphatic hydroxyl groups is 1. The van der Waals surface area contributed by atoms with Gasteiger partial charge in [-0.2, -0.15) is 17.4 Å². The molecule has 1 atom stereocenters. The van der Waals surface area contributed by atoms with Crippen LogP contribution in [0.3, 0.4) is 0 Å². The lowest BCUT2D eigenvalue weighted by Crippen LogP contribution is -2.50. The largest absolute Gasteiger partial charge is 0.395 e. The highest BCUT2D eigenvalue weighted by atomic mass is 32.2. The van der Waals surface area contributed by atoms with E-state index < -0.39 is 10.2 Å². The van der Waals surface area contributed by atoms with Crippen LogP contribution in [0.25, 0.3) is 0 Å². The Hall–Kier alpha value is -0.210. The number of piperidine rings is 1. The molecule has 1 rings (SSSR count). The van der Waals surface area contributed by atoms with E-state index >= 15 is 0 Å². The van der Waals surface area contributed by atoms with E-state index in [1.807, 2.05) is 0 Å². The molecule has 1 saturated heterocycles. The van der Waals surface area contributed by atoms with E-state index in [2.05, 4.69) is 4.72 Å². The Bertz CT molecular complexity index is 294. The summed E-state index contributed by atoms with van der Waals surface area (Å²) in [5.41, 5.74) is 0. The molecule has 96 valence electrons. The monoisotopic (exact) mass is 252 g/mol. The molecule has 0 saturated carbocycles. The molecule has 1 aliphatic rings.